The maximum atomic E-state index is 5.65. The maximum Gasteiger partial charge on any atom is 0.0218 e. The van der Waals surface area contributed by atoms with Crippen molar-refractivity contribution in [2.45, 2.75) is 6.04 Å². The van der Waals surface area contributed by atoms with Gasteiger partial charge in [-0.15, -0.1) is 37.2 Å². The standard InChI is InChI=1S/C5H13N3.3ClH/c6-1-4-2-8-3-5(4)7;;;/h4-5,8H,1-3,6-7H2;3*1H. The molecule has 0 bridgehead atoms. The van der Waals surface area contributed by atoms with Crippen LogP contribution in [-0.4, -0.2) is 25.7 Å². The van der Waals surface area contributed by atoms with Gasteiger partial charge in [-0.25, -0.2) is 0 Å². The minimum absolute atomic E-state index is 0. The van der Waals surface area contributed by atoms with E-state index in [1.54, 1.807) is 0 Å². The molecule has 6 heteroatoms. The predicted molar refractivity (Wildman–Crippen MR) is 55.1 cm³/mol. The van der Waals surface area contributed by atoms with Gasteiger partial charge in [0.25, 0.3) is 0 Å². The van der Waals surface area contributed by atoms with E-state index in [9.17, 15) is 0 Å². The topological polar surface area (TPSA) is 64.1 Å². The molecule has 0 saturated carbocycles. The van der Waals surface area contributed by atoms with Crippen LogP contribution in [0, 0.1) is 5.92 Å². The van der Waals surface area contributed by atoms with E-state index in [-0.39, 0.29) is 37.2 Å². The van der Waals surface area contributed by atoms with Crippen LogP contribution in [0.5, 0.6) is 0 Å². The van der Waals surface area contributed by atoms with E-state index >= 15 is 0 Å². The van der Waals surface area contributed by atoms with Crippen LogP contribution >= 0.6 is 37.2 Å². The second-order valence-electron chi connectivity index (χ2n) is 2.32. The van der Waals surface area contributed by atoms with E-state index in [1.807, 2.05) is 0 Å². The van der Waals surface area contributed by atoms with E-state index < -0.39 is 0 Å². The second-order valence-corrected chi connectivity index (χ2v) is 2.32. The van der Waals surface area contributed by atoms with Gasteiger partial charge in [-0.1, -0.05) is 0 Å². The van der Waals surface area contributed by atoms with E-state index in [1.165, 1.54) is 0 Å². The van der Waals surface area contributed by atoms with Crippen LogP contribution in [0.3, 0.4) is 0 Å². The number of rotatable bonds is 1. The Balaban J connectivity index is -0.000000213. The first-order valence-corrected chi connectivity index (χ1v) is 3.01. The van der Waals surface area contributed by atoms with Crippen LogP contribution in [0.4, 0.5) is 0 Å². The van der Waals surface area contributed by atoms with E-state index in [0.717, 1.165) is 13.1 Å². The summed E-state index contributed by atoms with van der Waals surface area (Å²) < 4.78 is 0. The third-order valence-electron chi connectivity index (χ3n) is 1.69. The lowest BCUT2D eigenvalue weighted by Crippen LogP contribution is -2.33. The molecule has 1 aliphatic heterocycles. The SMILES string of the molecule is Cl.Cl.Cl.NCC1CNCC1N. The summed E-state index contributed by atoms with van der Waals surface area (Å²) in [6, 6.07) is 0.292. The second kappa shape index (κ2) is 8.84. The van der Waals surface area contributed by atoms with Crippen molar-refractivity contribution in [1.29, 1.82) is 0 Å². The third-order valence-corrected chi connectivity index (χ3v) is 1.69. The van der Waals surface area contributed by atoms with Crippen LogP contribution in [-0.2, 0) is 0 Å². The Labute approximate surface area is 85.9 Å². The number of nitrogens with one attached hydrogen (secondary N) is 1. The summed E-state index contributed by atoms with van der Waals surface area (Å²) in [5.74, 6) is 0.509. The van der Waals surface area contributed by atoms with Crippen molar-refractivity contribution in [1.82, 2.24) is 5.32 Å². The highest BCUT2D eigenvalue weighted by Gasteiger charge is 2.20. The normalized spacial score (nSPS) is 27.8. The van der Waals surface area contributed by atoms with Crippen molar-refractivity contribution >= 4 is 37.2 Å². The van der Waals surface area contributed by atoms with Gasteiger partial charge in [-0.3, -0.25) is 0 Å². The summed E-state index contributed by atoms with van der Waals surface area (Å²) in [5, 5.41) is 3.17. The first kappa shape index (κ1) is 17.7. The molecule has 72 valence electrons. The summed E-state index contributed by atoms with van der Waals surface area (Å²) in [4.78, 5) is 0. The van der Waals surface area contributed by atoms with Crippen LogP contribution in [0.25, 0.3) is 0 Å². The van der Waals surface area contributed by atoms with Gasteiger partial charge in [0.2, 0.25) is 0 Å². The third kappa shape index (κ3) is 5.06. The molecule has 2 unspecified atom stereocenters. The van der Waals surface area contributed by atoms with Crippen molar-refractivity contribution in [3.05, 3.63) is 0 Å². The van der Waals surface area contributed by atoms with Gasteiger partial charge in [-0.05, 0) is 12.5 Å². The van der Waals surface area contributed by atoms with Crippen molar-refractivity contribution in [2.75, 3.05) is 19.6 Å². The predicted octanol–water partition coefficient (Wildman–Crippen LogP) is -0.243. The minimum atomic E-state index is 0. The molecule has 0 radical (unpaired) electrons. The minimum Gasteiger partial charge on any atom is -0.330 e. The first-order chi connectivity index (χ1) is 3.84. The number of hydrogen-bond donors (Lipinski definition) is 3. The average molecular weight is 225 g/mol. The van der Waals surface area contributed by atoms with Gasteiger partial charge in [0.15, 0.2) is 0 Å². The molecule has 0 aliphatic carbocycles. The molecule has 0 aromatic heterocycles. The van der Waals surface area contributed by atoms with Gasteiger partial charge < -0.3 is 16.8 Å². The lowest BCUT2D eigenvalue weighted by molar-refractivity contribution is 0.526. The van der Waals surface area contributed by atoms with Gasteiger partial charge in [0.05, 0.1) is 0 Å². The molecule has 1 heterocycles. The molecule has 1 saturated heterocycles. The molecule has 5 N–H and O–H groups in total. The Kier molecular flexibility index (Phi) is 14.3. The first-order valence-electron chi connectivity index (χ1n) is 3.01. The average Bonchev–Trinajstić information content (AvgIpc) is 2.14. The number of nitrogens with two attached hydrogens (primary N) is 2. The van der Waals surface area contributed by atoms with Crippen LogP contribution in [0.1, 0.15) is 0 Å². The Hall–Kier alpha value is 0.750. The molecule has 0 amide bonds. The fourth-order valence-electron chi connectivity index (χ4n) is 1.01. The quantitative estimate of drug-likeness (QED) is 0.576. The molecular formula is C5H16Cl3N3. The van der Waals surface area contributed by atoms with E-state index in [2.05, 4.69) is 5.32 Å². The molecule has 1 rings (SSSR count). The molecule has 3 nitrogen and oxygen atoms in total. The van der Waals surface area contributed by atoms with E-state index in [4.69, 9.17) is 11.5 Å². The highest BCUT2D eigenvalue weighted by Crippen LogP contribution is 2.02. The Morgan fingerprint density at radius 3 is 1.91 bits per heavy atom. The monoisotopic (exact) mass is 223 g/mol. The van der Waals surface area contributed by atoms with Crippen LogP contribution in [0.2, 0.25) is 0 Å². The summed E-state index contributed by atoms with van der Waals surface area (Å²) in [6.07, 6.45) is 0. The molecule has 2 atom stereocenters. The van der Waals surface area contributed by atoms with Crippen LogP contribution < -0.4 is 16.8 Å². The fraction of sp³-hybridized carbons (Fsp3) is 1.00. The Morgan fingerprint density at radius 2 is 1.73 bits per heavy atom. The molecule has 0 aromatic rings. The zero-order valence-electron chi connectivity index (χ0n) is 6.16. The smallest absolute Gasteiger partial charge is 0.0218 e. The maximum absolute atomic E-state index is 5.65. The summed E-state index contributed by atoms with van der Waals surface area (Å²) >= 11 is 0. The van der Waals surface area contributed by atoms with E-state index in [0.29, 0.717) is 18.5 Å². The van der Waals surface area contributed by atoms with Gasteiger partial charge in [-0.2, -0.15) is 0 Å². The lowest BCUT2D eigenvalue weighted by Gasteiger charge is -2.08. The molecule has 1 fully saturated rings. The molecule has 0 spiro atoms. The highest BCUT2D eigenvalue weighted by atomic mass is 35.5. The van der Waals surface area contributed by atoms with Gasteiger partial charge >= 0.3 is 0 Å². The number of halogens is 3. The fourth-order valence-corrected chi connectivity index (χ4v) is 1.01. The lowest BCUT2D eigenvalue weighted by atomic mass is 10.1. The molecule has 11 heavy (non-hydrogen) atoms. The van der Waals surface area contributed by atoms with Crippen molar-refractivity contribution < 1.29 is 0 Å². The number of hydrogen-bond acceptors (Lipinski definition) is 3. The molecular weight excluding hydrogens is 208 g/mol. The Morgan fingerprint density at radius 1 is 1.18 bits per heavy atom. The summed E-state index contributed by atoms with van der Waals surface area (Å²) in [7, 11) is 0. The zero-order chi connectivity index (χ0) is 5.98. The zero-order valence-corrected chi connectivity index (χ0v) is 8.60. The highest BCUT2D eigenvalue weighted by molar-refractivity contribution is 5.86. The Bertz CT molecular complexity index is 83.4. The van der Waals surface area contributed by atoms with Crippen molar-refractivity contribution in [3.63, 3.8) is 0 Å². The molecule has 0 aromatic carbocycles. The van der Waals surface area contributed by atoms with Crippen molar-refractivity contribution in [2.24, 2.45) is 17.4 Å². The molecule has 1 aliphatic rings. The largest absolute Gasteiger partial charge is 0.330 e. The summed E-state index contributed by atoms with van der Waals surface area (Å²) in [5.41, 5.74) is 11.1. The van der Waals surface area contributed by atoms with Crippen molar-refractivity contribution in [3.8, 4) is 0 Å². The van der Waals surface area contributed by atoms with Gasteiger partial charge in [0.1, 0.15) is 0 Å². The van der Waals surface area contributed by atoms with Crippen LogP contribution in [0.15, 0.2) is 0 Å². The van der Waals surface area contributed by atoms with Gasteiger partial charge in [0, 0.05) is 19.1 Å². The summed E-state index contributed by atoms with van der Waals surface area (Å²) in [6.45, 7) is 2.65.